The first-order valence-electron chi connectivity index (χ1n) is 4.84. The number of nitrogens with one attached hydrogen (secondary N) is 1. The Kier molecular flexibility index (Phi) is 4.04. The van der Waals surface area contributed by atoms with Gasteiger partial charge in [-0.15, -0.1) is 0 Å². The predicted octanol–water partition coefficient (Wildman–Crippen LogP) is -0.412. The van der Waals surface area contributed by atoms with Gasteiger partial charge in [0.25, 0.3) is 10.1 Å². The molecule has 1 rings (SSSR count). The van der Waals surface area contributed by atoms with E-state index in [-0.39, 0.29) is 18.1 Å². The second kappa shape index (κ2) is 5.00. The van der Waals surface area contributed by atoms with Gasteiger partial charge in [0.1, 0.15) is 6.20 Å². The lowest BCUT2D eigenvalue weighted by atomic mass is 10.0. The third kappa shape index (κ3) is 4.77. The Balaban J connectivity index is 2.66. The van der Waals surface area contributed by atoms with E-state index in [2.05, 4.69) is 14.2 Å². The van der Waals surface area contributed by atoms with Crippen molar-refractivity contribution >= 4 is 15.9 Å². The molecule has 0 radical (unpaired) electrons. The number of aromatic amines is 1. The van der Waals surface area contributed by atoms with Crippen LogP contribution >= 0.6 is 0 Å². The molecule has 0 amide bonds. The normalized spacial score (nSPS) is 15.3. The number of hydrogen-bond acceptors (Lipinski definition) is 7. The minimum atomic E-state index is -3.66. The molecule has 0 spiro atoms. The third-order valence-corrected chi connectivity index (χ3v) is 2.49. The summed E-state index contributed by atoms with van der Waals surface area (Å²) in [5.41, 5.74) is -1.51. The van der Waals surface area contributed by atoms with Crippen LogP contribution in [0.4, 0.5) is 5.82 Å². The maximum absolute atomic E-state index is 10.8. The first-order chi connectivity index (χ1) is 8.09. The van der Waals surface area contributed by atoms with Crippen LogP contribution in [0, 0.1) is 10.1 Å². The quantitative estimate of drug-likeness (QED) is 0.410. The summed E-state index contributed by atoms with van der Waals surface area (Å²) in [4.78, 5) is 15.8. The number of rotatable bonds is 6. The molecule has 1 aromatic heterocycles. The fourth-order valence-corrected chi connectivity index (χ4v) is 1.65. The minimum absolute atomic E-state index is 0.101. The van der Waals surface area contributed by atoms with Gasteiger partial charge in [-0.1, -0.05) is 0 Å². The Hall–Kier alpha value is -1.52. The number of aliphatic hydroxyl groups is 1. The minimum Gasteiger partial charge on any atom is -0.387 e. The maximum Gasteiger partial charge on any atom is 0.340 e. The highest BCUT2D eigenvalue weighted by atomic mass is 32.2. The average Bonchev–Trinajstić information content (AvgIpc) is 2.62. The molecule has 0 aliphatic heterocycles. The van der Waals surface area contributed by atoms with Crippen molar-refractivity contribution < 1.29 is 22.6 Å². The van der Waals surface area contributed by atoms with Gasteiger partial charge in [0, 0.05) is 0 Å². The van der Waals surface area contributed by atoms with Crippen molar-refractivity contribution in [3.05, 3.63) is 22.1 Å². The molecular formula is C8H13N3O6S. The zero-order valence-corrected chi connectivity index (χ0v) is 10.6. The van der Waals surface area contributed by atoms with Crippen molar-refractivity contribution in [1.82, 2.24) is 9.97 Å². The number of nitro groups is 1. The lowest BCUT2D eigenvalue weighted by molar-refractivity contribution is -0.389. The molecule has 0 saturated carbocycles. The Bertz CT molecular complexity index is 535. The standard InChI is InChI=1S/C8H13N3O6S/c1-8(12,5-17-18(2,15)16)3-6-9-4-7(10-6)11(13)14/h4,12H,3,5H2,1-2H3,(H,9,10)/t8-/m1/s1. The summed E-state index contributed by atoms with van der Waals surface area (Å²) in [6, 6.07) is 0. The molecule has 2 N–H and O–H groups in total. The number of aromatic nitrogens is 2. The van der Waals surface area contributed by atoms with E-state index in [0.717, 1.165) is 12.5 Å². The summed E-state index contributed by atoms with van der Waals surface area (Å²) < 4.78 is 26.0. The molecule has 10 heteroatoms. The molecule has 0 aromatic carbocycles. The zero-order chi connectivity index (χ0) is 14.0. The van der Waals surface area contributed by atoms with Crippen LogP contribution in [-0.4, -0.2) is 46.9 Å². The molecule has 1 heterocycles. The first kappa shape index (κ1) is 14.5. The molecule has 102 valence electrons. The van der Waals surface area contributed by atoms with E-state index < -0.39 is 27.2 Å². The maximum atomic E-state index is 10.8. The van der Waals surface area contributed by atoms with Gasteiger partial charge >= 0.3 is 5.82 Å². The Morgan fingerprint density at radius 1 is 1.67 bits per heavy atom. The summed E-state index contributed by atoms with van der Waals surface area (Å²) in [7, 11) is -3.66. The summed E-state index contributed by atoms with van der Waals surface area (Å²) in [5, 5.41) is 20.3. The van der Waals surface area contributed by atoms with Crippen LogP contribution in [0.3, 0.4) is 0 Å². The largest absolute Gasteiger partial charge is 0.387 e. The summed E-state index contributed by atoms with van der Waals surface area (Å²) in [6.45, 7) is 0.882. The molecule has 9 nitrogen and oxygen atoms in total. The van der Waals surface area contributed by atoms with E-state index in [1.165, 1.54) is 6.92 Å². The Morgan fingerprint density at radius 3 is 2.72 bits per heavy atom. The second-order valence-corrected chi connectivity index (χ2v) is 5.76. The van der Waals surface area contributed by atoms with E-state index in [4.69, 9.17) is 0 Å². The van der Waals surface area contributed by atoms with Crippen LogP contribution in [0.5, 0.6) is 0 Å². The predicted molar refractivity (Wildman–Crippen MR) is 60.4 cm³/mol. The number of hydrogen-bond donors (Lipinski definition) is 2. The fourth-order valence-electron chi connectivity index (χ4n) is 1.18. The Labute approximate surface area is 103 Å². The van der Waals surface area contributed by atoms with Gasteiger partial charge in [-0.3, -0.25) is 4.18 Å². The van der Waals surface area contributed by atoms with Gasteiger partial charge < -0.3 is 15.2 Å². The lowest BCUT2D eigenvalue weighted by Crippen LogP contribution is -2.34. The lowest BCUT2D eigenvalue weighted by Gasteiger charge is -2.19. The third-order valence-electron chi connectivity index (χ3n) is 1.94. The zero-order valence-electron chi connectivity index (χ0n) is 9.78. The van der Waals surface area contributed by atoms with E-state index in [1.54, 1.807) is 0 Å². The molecule has 1 aromatic rings. The van der Waals surface area contributed by atoms with Crippen molar-refractivity contribution in [2.24, 2.45) is 0 Å². The molecular weight excluding hydrogens is 266 g/mol. The molecule has 18 heavy (non-hydrogen) atoms. The summed E-state index contributed by atoms with van der Waals surface area (Å²) in [6.07, 6.45) is 1.78. The van der Waals surface area contributed by atoms with Gasteiger partial charge in [-0.25, -0.2) is 9.97 Å². The van der Waals surface area contributed by atoms with Gasteiger partial charge in [-0.2, -0.15) is 8.42 Å². The molecule has 0 saturated heterocycles. The summed E-state index contributed by atoms with van der Waals surface area (Å²) in [5.74, 6) is -0.131. The van der Waals surface area contributed by atoms with Crippen molar-refractivity contribution in [3.63, 3.8) is 0 Å². The van der Waals surface area contributed by atoms with Crippen LogP contribution in [0.15, 0.2) is 6.20 Å². The van der Waals surface area contributed by atoms with Crippen LogP contribution in [0.1, 0.15) is 12.7 Å². The van der Waals surface area contributed by atoms with E-state index >= 15 is 0 Å². The van der Waals surface area contributed by atoms with Crippen molar-refractivity contribution in [2.45, 2.75) is 18.9 Å². The molecule has 0 unspecified atom stereocenters. The highest BCUT2D eigenvalue weighted by Gasteiger charge is 2.27. The SMILES string of the molecule is C[C@](O)(COS(C)(=O)=O)Cc1ncc([N+](=O)[O-])[nH]1. The molecule has 0 aliphatic rings. The van der Waals surface area contributed by atoms with E-state index in [1.807, 2.05) is 0 Å². The van der Waals surface area contributed by atoms with Crippen LogP contribution < -0.4 is 0 Å². The van der Waals surface area contributed by atoms with Gasteiger partial charge in [0.15, 0.2) is 5.82 Å². The van der Waals surface area contributed by atoms with Crippen LogP contribution in [0.2, 0.25) is 0 Å². The highest BCUT2D eigenvalue weighted by Crippen LogP contribution is 2.14. The monoisotopic (exact) mass is 279 g/mol. The fraction of sp³-hybridized carbons (Fsp3) is 0.625. The molecule has 0 fully saturated rings. The van der Waals surface area contributed by atoms with Crippen LogP contribution in [0.25, 0.3) is 0 Å². The number of H-pyrrole nitrogens is 1. The van der Waals surface area contributed by atoms with Crippen molar-refractivity contribution in [1.29, 1.82) is 0 Å². The molecule has 0 aliphatic carbocycles. The smallest absolute Gasteiger partial charge is 0.340 e. The Morgan fingerprint density at radius 2 is 2.28 bits per heavy atom. The number of imidazole rings is 1. The molecule has 0 bridgehead atoms. The average molecular weight is 279 g/mol. The first-order valence-corrected chi connectivity index (χ1v) is 6.66. The van der Waals surface area contributed by atoms with Crippen molar-refractivity contribution in [3.8, 4) is 0 Å². The van der Waals surface area contributed by atoms with Gasteiger partial charge in [0.2, 0.25) is 0 Å². The summed E-state index contributed by atoms with van der Waals surface area (Å²) >= 11 is 0. The van der Waals surface area contributed by atoms with E-state index in [0.29, 0.717) is 0 Å². The number of nitrogens with zero attached hydrogens (tertiary/aromatic N) is 2. The molecule has 1 atom stereocenters. The topological polar surface area (TPSA) is 135 Å². The van der Waals surface area contributed by atoms with E-state index in [9.17, 15) is 23.6 Å². The van der Waals surface area contributed by atoms with Crippen LogP contribution in [-0.2, 0) is 20.7 Å². The van der Waals surface area contributed by atoms with Gasteiger partial charge in [0.05, 0.1) is 24.9 Å². The van der Waals surface area contributed by atoms with Crippen molar-refractivity contribution in [2.75, 3.05) is 12.9 Å². The second-order valence-electron chi connectivity index (χ2n) is 4.11. The highest BCUT2D eigenvalue weighted by molar-refractivity contribution is 7.85. The van der Waals surface area contributed by atoms with Gasteiger partial charge in [-0.05, 0) is 11.8 Å².